The summed E-state index contributed by atoms with van der Waals surface area (Å²) >= 11 is 0. The van der Waals surface area contributed by atoms with E-state index >= 15 is 0 Å². The van der Waals surface area contributed by atoms with Gasteiger partial charge in [0.05, 0.1) is 24.2 Å². The van der Waals surface area contributed by atoms with Crippen LogP contribution in [0.15, 0.2) is 59.6 Å². The molecule has 1 N–H and O–H groups in total. The number of fused-ring (bicyclic) bond motifs is 3. The molecule has 4 rings (SSSR count). The molecule has 0 spiro atoms. The van der Waals surface area contributed by atoms with Gasteiger partial charge in [-0.15, -0.1) is 0 Å². The first-order valence-corrected chi connectivity index (χ1v) is 16.6. The van der Waals surface area contributed by atoms with Crippen molar-refractivity contribution in [3.05, 3.63) is 70.7 Å². The third-order valence-electron chi connectivity index (χ3n) is 8.79. The van der Waals surface area contributed by atoms with Crippen molar-refractivity contribution >= 4 is 40.0 Å². The summed E-state index contributed by atoms with van der Waals surface area (Å²) in [6.45, 7) is 11.8. The number of hydrogen-bond donors (Lipinski definition) is 1. The lowest BCUT2D eigenvalue weighted by molar-refractivity contribution is -0.438. The van der Waals surface area contributed by atoms with Crippen molar-refractivity contribution in [3.63, 3.8) is 0 Å². The van der Waals surface area contributed by atoms with E-state index in [4.69, 9.17) is 9.47 Å². The van der Waals surface area contributed by atoms with Crippen LogP contribution in [0.25, 0.3) is 16.8 Å². The van der Waals surface area contributed by atoms with E-state index in [1.165, 1.54) is 63.0 Å². The van der Waals surface area contributed by atoms with Crippen molar-refractivity contribution in [2.45, 2.75) is 104 Å². The highest BCUT2D eigenvalue weighted by atomic mass is 16.5. The predicted molar refractivity (Wildman–Crippen MR) is 179 cm³/mol. The van der Waals surface area contributed by atoms with Crippen LogP contribution in [-0.2, 0) is 24.5 Å². The van der Waals surface area contributed by atoms with Gasteiger partial charge in [0.2, 0.25) is 17.2 Å². The number of rotatable bonds is 17. The molecule has 0 fully saturated rings. The van der Waals surface area contributed by atoms with Gasteiger partial charge in [-0.2, -0.15) is 4.58 Å². The average Bonchev–Trinajstić information content (AvgIpc) is 3.23. The van der Waals surface area contributed by atoms with Crippen LogP contribution in [-0.4, -0.2) is 46.9 Å². The lowest BCUT2D eigenvalue weighted by Gasteiger charge is -2.22. The molecular weight excluding hydrogens is 550 g/mol. The molecule has 0 unspecified atom stereocenters. The SMILES string of the molecule is CCCCCCCCCCCC[N+]1=C(/C=C2\C(=O)C(OCC)=C2O)C(C)(C)c2c1ccc1cc(/C=C/C(=O)OCC)ccc21. The molecule has 0 amide bonds. The monoisotopic (exact) mass is 600 g/mol. The van der Waals surface area contributed by atoms with Gasteiger partial charge in [-0.1, -0.05) is 70.4 Å². The lowest BCUT2D eigenvalue weighted by atomic mass is 9.77. The summed E-state index contributed by atoms with van der Waals surface area (Å²) in [5, 5.41) is 12.9. The maximum absolute atomic E-state index is 12.9. The largest absolute Gasteiger partial charge is 0.504 e. The second-order valence-electron chi connectivity index (χ2n) is 12.4. The number of ketones is 1. The minimum atomic E-state index is -0.412. The van der Waals surface area contributed by atoms with E-state index in [1.54, 1.807) is 19.9 Å². The van der Waals surface area contributed by atoms with Crippen molar-refractivity contribution in [2.24, 2.45) is 0 Å². The lowest BCUT2D eigenvalue weighted by Crippen LogP contribution is -2.32. The number of carbonyl (C=O) groups excluding carboxylic acids is 2. The molecule has 44 heavy (non-hydrogen) atoms. The quantitative estimate of drug-likeness (QED) is 0.0849. The smallest absolute Gasteiger partial charge is 0.330 e. The van der Waals surface area contributed by atoms with Crippen LogP contribution in [0.2, 0.25) is 0 Å². The molecule has 1 heterocycles. The molecule has 2 aliphatic rings. The molecule has 0 bridgehead atoms. The van der Waals surface area contributed by atoms with Gasteiger partial charge in [0, 0.05) is 30.2 Å². The minimum absolute atomic E-state index is 0.0575. The van der Waals surface area contributed by atoms with Crippen molar-refractivity contribution in [3.8, 4) is 0 Å². The molecular formula is C38H50NO5+. The first-order valence-electron chi connectivity index (χ1n) is 16.6. The predicted octanol–water partition coefficient (Wildman–Crippen LogP) is 9.03. The van der Waals surface area contributed by atoms with Crippen LogP contribution >= 0.6 is 0 Å². The molecule has 0 saturated heterocycles. The molecule has 0 saturated carbocycles. The molecule has 2 aromatic rings. The Morgan fingerprint density at radius 3 is 2.23 bits per heavy atom. The summed E-state index contributed by atoms with van der Waals surface area (Å²) in [7, 11) is 0. The van der Waals surface area contributed by atoms with Crippen molar-refractivity contribution < 1.29 is 28.7 Å². The third-order valence-corrected chi connectivity index (χ3v) is 8.79. The highest BCUT2D eigenvalue weighted by molar-refractivity contribution is 6.22. The van der Waals surface area contributed by atoms with Gasteiger partial charge in [0.25, 0.3) is 0 Å². The number of nitrogens with zero attached hydrogens (tertiary/aromatic N) is 1. The second kappa shape index (κ2) is 15.4. The molecule has 0 radical (unpaired) electrons. The van der Waals surface area contributed by atoms with E-state index < -0.39 is 5.41 Å². The number of Topliss-reactive ketones (excluding diaryl/α,β-unsaturated/α-hetero) is 1. The molecule has 6 heteroatoms. The van der Waals surface area contributed by atoms with Crippen molar-refractivity contribution in [2.75, 3.05) is 19.8 Å². The Kier molecular flexibility index (Phi) is 11.6. The molecule has 236 valence electrons. The number of allylic oxidation sites excluding steroid dienone is 3. The fourth-order valence-corrected chi connectivity index (χ4v) is 6.47. The minimum Gasteiger partial charge on any atom is -0.504 e. The fourth-order valence-electron chi connectivity index (χ4n) is 6.47. The van der Waals surface area contributed by atoms with Gasteiger partial charge < -0.3 is 14.6 Å². The van der Waals surface area contributed by atoms with Gasteiger partial charge in [0.15, 0.2) is 11.5 Å². The number of carbonyl (C=O) groups is 2. The van der Waals surface area contributed by atoms with Gasteiger partial charge in [0.1, 0.15) is 6.54 Å². The van der Waals surface area contributed by atoms with E-state index in [1.807, 2.05) is 12.1 Å². The van der Waals surface area contributed by atoms with Crippen molar-refractivity contribution in [1.29, 1.82) is 0 Å². The first-order chi connectivity index (χ1) is 21.2. The molecule has 2 aromatic carbocycles. The van der Waals surface area contributed by atoms with E-state index in [2.05, 4.69) is 49.6 Å². The Balaban J connectivity index is 1.60. The van der Waals surface area contributed by atoms with Crippen LogP contribution in [0.3, 0.4) is 0 Å². The van der Waals surface area contributed by atoms with Gasteiger partial charge in [-0.25, -0.2) is 4.79 Å². The van der Waals surface area contributed by atoms with E-state index in [0.29, 0.717) is 18.8 Å². The molecule has 1 aliphatic heterocycles. The fraction of sp³-hybridized carbons (Fsp3) is 0.500. The van der Waals surface area contributed by atoms with Gasteiger partial charge >= 0.3 is 5.97 Å². The summed E-state index contributed by atoms with van der Waals surface area (Å²) in [6, 6.07) is 10.5. The zero-order valence-corrected chi connectivity index (χ0v) is 27.3. The summed E-state index contributed by atoms with van der Waals surface area (Å²) in [4.78, 5) is 24.7. The Morgan fingerprint density at radius 1 is 0.909 bits per heavy atom. The Bertz CT molecular complexity index is 1490. The highest BCUT2D eigenvalue weighted by Gasteiger charge is 2.47. The van der Waals surface area contributed by atoms with Crippen LogP contribution in [0.5, 0.6) is 0 Å². The van der Waals surface area contributed by atoms with E-state index in [9.17, 15) is 14.7 Å². The Morgan fingerprint density at radius 2 is 1.59 bits per heavy atom. The van der Waals surface area contributed by atoms with Crippen molar-refractivity contribution in [1.82, 2.24) is 0 Å². The zero-order valence-electron chi connectivity index (χ0n) is 27.3. The maximum atomic E-state index is 12.9. The summed E-state index contributed by atoms with van der Waals surface area (Å²) < 4.78 is 12.8. The number of unbranched alkanes of at least 4 members (excludes halogenated alkanes) is 9. The van der Waals surface area contributed by atoms with Crippen LogP contribution < -0.4 is 0 Å². The number of aliphatic hydroxyl groups excluding tert-OH is 1. The number of ether oxygens (including phenoxy) is 2. The third kappa shape index (κ3) is 7.34. The highest BCUT2D eigenvalue weighted by Crippen LogP contribution is 2.45. The summed E-state index contributed by atoms with van der Waals surface area (Å²) in [5.74, 6) is -0.598. The maximum Gasteiger partial charge on any atom is 0.330 e. The average molecular weight is 601 g/mol. The summed E-state index contributed by atoms with van der Waals surface area (Å²) in [6.07, 6.45) is 17.8. The number of aliphatic hydroxyl groups is 1. The molecule has 0 aromatic heterocycles. The van der Waals surface area contributed by atoms with Crippen LogP contribution in [0.4, 0.5) is 5.69 Å². The number of benzene rings is 2. The first kappa shape index (κ1) is 33.2. The normalized spacial score (nSPS) is 16.8. The Labute approximate surface area is 263 Å². The number of hydrogen-bond acceptors (Lipinski definition) is 5. The molecule has 0 atom stereocenters. The van der Waals surface area contributed by atoms with E-state index in [-0.39, 0.29) is 23.3 Å². The molecule has 1 aliphatic carbocycles. The van der Waals surface area contributed by atoms with Crippen LogP contribution in [0, 0.1) is 0 Å². The molecule has 6 nitrogen and oxygen atoms in total. The van der Waals surface area contributed by atoms with E-state index in [0.717, 1.165) is 47.1 Å². The van der Waals surface area contributed by atoms with Gasteiger partial charge in [-0.3, -0.25) is 4.79 Å². The summed E-state index contributed by atoms with van der Waals surface area (Å²) in [5.41, 5.74) is 4.18. The topological polar surface area (TPSA) is 75.8 Å². The number of esters is 1. The van der Waals surface area contributed by atoms with Gasteiger partial charge in [-0.05, 0) is 68.7 Å². The standard InChI is InChI=1S/C38H49NO5/c1-6-9-10-11-12-13-14-15-16-17-24-39-31-22-20-28-25-27(19-23-33(40)43-7-2)18-21-29(28)34(31)38(4,5)32(39)26-30-35(41)37(36(30)42)44-8-3/h18-23,25-26H,6-17,24H2,1-5H3/p+1/b23-19+. The zero-order chi connectivity index (χ0) is 31.7. The second-order valence-corrected chi connectivity index (χ2v) is 12.4. The van der Waals surface area contributed by atoms with Crippen LogP contribution in [0.1, 0.15) is 110 Å². The Hall–Kier alpha value is -3.67.